The van der Waals surface area contributed by atoms with Crippen LogP contribution in [0, 0.1) is 13.8 Å². The first kappa shape index (κ1) is 15.5. The molecule has 1 amide bonds. The van der Waals surface area contributed by atoms with E-state index in [-0.39, 0.29) is 18.3 Å². The zero-order chi connectivity index (χ0) is 15.4. The van der Waals surface area contributed by atoms with Gasteiger partial charge in [-0.05, 0) is 43.7 Å². The fraction of sp³-hybridized carbons (Fsp3) is 0.500. The maximum absolute atomic E-state index is 12.2. The van der Waals surface area contributed by atoms with Gasteiger partial charge in [-0.3, -0.25) is 14.5 Å². The number of likely N-dealkylation sites (N-methyl/N-ethyl adjacent to an activating group) is 1. The maximum Gasteiger partial charge on any atom is 0.323 e. The highest BCUT2D eigenvalue weighted by atomic mass is 16.5. The minimum absolute atomic E-state index is 0.125. The van der Waals surface area contributed by atoms with Crippen molar-refractivity contribution in [3.63, 3.8) is 0 Å². The first-order valence-electron chi connectivity index (χ1n) is 7.28. The number of nitrogens with zero attached hydrogens (tertiary/aromatic N) is 1. The van der Waals surface area contributed by atoms with E-state index in [1.54, 1.807) is 0 Å². The SMILES string of the molecule is CCN1CCOC(=O)C1CC(=O)Nc1cc(C)cc(C)c1. The van der Waals surface area contributed by atoms with Crippen molar-refractivity contribution in [1.82, 2.24) is 4.90 Å². The van der Waals surface area contributed by atoms with E-state index in [0.717, 1.165) is 23.4 Å². The molecule has 21 heavy (non-hydrogen) atoms. The topological polar surface area (TPSA) is 58.6 Å². The Morgan fingerprint density at radius 3 is 2.62 bits per heavy atom. The van der Waals surface area contributed by atoms with Crippen LogP contribution in [0.2, 0.25) is 0 Å². The van der Waals surface area contributed by atoms with E-state index < -0.39 is 6.04 Å². The molecule has 0 saturated carbocycles. The number of hydrogen-bond acceptors (Lipinski definition) is 4. The highest BCUT2D eigenvalue weighted by Crippen LogP contribution is 2.16. The number of amides is 1. The largest absolute Gasteiger partial charge is 0.463 e. The van der Waals surface area contributed by atoms with E-state index in [2.05, 4.69) is 5.32 Å². The smallest absolute Gasteiger partial charge is 0.323 e. The Labute approximate surface area is 125 Å². The van der Waals surface area contributed by atoms with Crippen molar-refractivity contribution in [2.24, 2.45) is 0 Å². The van der Waals surface area contributed by atoms with Crippen molar-refractivity contribution in [3.8, 4) is 0 Å². The summed E-state index contributed by atoms with van der Waals surface area (Å²) >= 11 is 0. The van der Waals surface area contributed by atoms with Crippen LogP contribution in [-0.2, 0) is 14.3 Å². The predicted molar refractivity (Wildman–Crippen MR) is 81.2 cm³/mol. The highest BCUT2D eigenvalue weighted by molar-refractivity contribution is 5.94. The van der Waals surface area contributed by atoms with Crippen molar-refractivity contribution in [1.29, 1.82) is 0 Å². The van der Waals surface area contributed by atoms with E-state index in [1.165, 1.54) is 0 Å². The Balaban J connectivity index is 2.01. The second-order valence-corrected chi connectivity index (χ2v) is 5.44. The lowest BCUT2D eigenvalue weighted by Crippen LogP contribution is -2.50. The van der Waals surface area contributed by atoms with Crippen molar-refractivity contribution >= 4 is 17.6 Å². The third-order valence-corrected chi connectivity index (χ3v) is 3.63. The summed E-state index contributed by atoms with van der Waals surface area (Å²) in [5.41, 5.74) is 2.96. The summed E-state index contributed by atoms with van der Waals surface area (Å²) in [6, 6.07) is 5.41. The number of esters is 1. The second-order valence-electron chi connectivity index (χ2n) is 5.44. The molecule has 1 fully saturated rings. The summed E-state index contributed by atoms with van der Waals surface area (Å²) in [7, 11) is 0. The zero-order valence-electron chi connectivity index (χ0n) is 12.8. The number of aryl methyl sites for hydroxylation is 2. The Hall–Kier alpha value is -1.88. The van der Waals surface area contributed by atoms with Gasteiger partial charge in [0.1, 0.15) is 12.6 Å². The standard InChI is InChI=1S/C16H22N2O3/c1-4-18-5-6-21-16(20)14(18)10-15(19)17-13-8-11(2)7-12(3)9-13/h7-9,14H,4-6,10H2,1-3H3,(H,17,19). The lowest BCUT2D eigenvalue weighted by atomic mass is 10.1. The highest BCUT2D eigenvalue weighted by Gasteiger charge is 2.32. The summed E-state index contributed by atoms with van der Waals surface area (Å²) in [6.45, 7) is 7.77. The predicted octanol–water partition coefficient (Wildman–Crippen LogP) is 1.88. The summed E-state index contributed by atoms with van der Waals surface area (Å²) < 4.78 is 5.05. The molecule has 1 N–H and O–H groups in total. The van der Waals surface area contributed by atoms with Gasteiger partial charge in [0.2, 0.25) is 5.91 Å². The van der Waals surface area contributed by atoms with E-state index in [4.69, 9.17) is 4.74 Å². The van der Waals surface area contributed by atoms with E-state index in [1.807, 2.05) is 43.9 Å². The van der Waals surface area contributed by atoms with Crippen LogP contribution in [0.5, 0.6) is 0 Å². The Morgan fingerprint density at radius 2 is 2.00 bits per heavy atom. The van der Waals surface area contributed by atoms with Gasteiger partial charge in [-0.25, -0.2) is 0 Å². The third-order valence-electron chi connectivity index (χ3n) is 3.63. The quantitative estimate of drug-likeness (QED) is 0.860. The van der Waals surface area contributed by atoms with Crippen molar-refractivity contribution in [2.75, 3.05) is 25.0 Å². The van der Waals surface area contributed by atoms with Crippen molar-refractivity contribution < 1.29 is 14.3 Å². The van der Waals surface area contributed by atoms with Gasteiger partial charge in [-0.1, -0.05) is 13.0 Å². The minimum Gasteiger partial charge on any atom is -0.463 e. The van der Waals surface area contributed by atoms with Gasteiger partial charge in [0.05, 0.1) is 6.42 Å². The molecule has 0 bridgehead atoms. The number of benzene rings is 1. The fourth-order valence-electron chi connectivity index (χ4n) is 2.69. The van der Waals surface area contributed by atoms with Gasteiger partial charge < -0.3 is 10.1 Å². The molecule has 1 unspecified atom stereocenters. The van der Waals surface area contributed by atoms with Crippen LogP contribution in [0.3, 0.4) is 0 Å². The molecule has 0 aliphatic carbocycles. The molecule has 0 spiro atoms. The summed E-state index contributed by atoms with van der Waals surface area (Å²) in [5.74, 6) is -0.471. The van der Waals surface area contributed by atoms with E-state index >= 15 is 0 Å². The second kappa shape index (κ2) is 6.72. The molecule has 2 rings (SSSR count). The van der Waals surface area contributed by atoms with Crippen LogP contribution in [0.15, 0.2) is 18.2 Å². The van der Waals surface area contributed by atoms with Gasteiger partial charge >= 0.3 is 5.97 Å². The molecule has 1 aromatic rings. The Morgan fingerprint density at radius 1 is 1.33 bits per heavy atom. The number of hydrogen-bond donors (Lipinski definition) is 1. The summed E-state index contributed by atoms with van der Waals surface area (Å²) in [5, 5.41) is 2.86. The molecular formula is C16H22N2O3. The lowest BCUT2D eigenvalue weighted by Gasteiger charge is -2.32. The van der Waals surface area contributed by atoms with Crippen LogP contribution >= 0.6 is 0 Å². The van der Waals surface area contributed by atoms with Gasteiger partial charge in [0, 0.05) is 12.2 Å². The van der Waals surface area contributed by atoms with Crippen molar-refractivity contribution in [3.05, 3.63) is 29.3 Å². The number of ether oxygens (including phenoxy) is 1. The number of anilines is 1. The molecule has 1 atom stereocenters. The minimum atomic E-state index is -0.477. The maximum atomic E-state index is 12.2. The van der Waals surface area contributed by atoms with Gasteiger partial charge in [-0.2, -0.15) is 0 Å². The van der Waals surface area contributed by atoms with E-state index in [0.29, 0.717) is 13.2 Å². The van der Waals surface area contributed by atoms with Crippen LogP contribution in [0.4, 0.5) is 5.69 Å². The Kier molecular flexibility index (Phi) is 4.96. The average Bonchev–Trinajstić information content (AvgIpc) is 2.39. The Bertz CT molecular complexity index is 522. The molecule has 0 aromatic heterocycles. The molecule has 1 heterocycles. The van der Waals surface area contributed by atoms with Gasteiger partial charge in [-0.15, -0.1) is 0 Å². The number of nitrogens with one attached hydrogen (secondary N) is 1. The first-order valence-corrected chi connectivity index (χ1v) is 7.28. The molecule has 5 nitrogen and oxygen atoms in total. The first-order chi connectivity index (χ1) is 9.99. The van der Waals surface area contributed by atoms with Crippen LogP contribution in [0.25, 0.3) is 0 Å². The van der Waals surface area contributed by atoms with Crippen molar-refractivity contribution in [2.45, 2.75) is 33.2 Å². The number of carbonyl (C=O) groups excluding carboxylic acids is 2. The molecule has 114 valence electrons. The molecule has 0 radical (unpaired) electrons. The van der Waals surface area contributed by atoms with Gasteiger partial charge in [0.15, 0.2) is 0 Å². The van der Waals surface area contributed by atoms with Gasteiger partial charge in [0.25, 0.3) is 0 Å². The molecule has 5 heteroatoms. The summed E-state index contributed by atoms with van der Waals surface area (Å²) in [6.07, 6.45) is 0.125. The number of carbonyl (C=O) groups is 2. The third kappa shape index (κ3) is 4.04. The van der Waals surface area contributed by atoms with Crippen LogP contribution in [0.1, 0.15) is 24.5 Å². The molecule has 1 saturated heterocycles. The normalized spacial score (nSPS) is 19.2. The zero-order valence-corrected chi connectivity index (χ0v) is 12.8. The molecule has 1 aliphatic heterocycles. The molecular weight excluding hydrogens is 268 g/mol. The lowest BCUT2D eigenvalue weighted by molar-refractivity contribution is -0.158. The fourth-order valence-corrected chi connectivity index (χ4v) is 2.69. The van der Waals surface area contributed by atoms with Crippen LogP contribution in [-0.4, -0.2) is 42.5 Å². The average molecular weight is 290 g/mol. The van der Waals surface area contributed by atoms with Crippen LogP contribution < -0.4 is 5.32 Å². The number of morpholine rings is 1. The van der Waals surface area contributed by atoms with E-state index in [9.17, 15) is 9.59 Å². The molecule has 1 aromatic carbocycles. The summed E-state index contributed by atoms with van der Waals surface area (Å²) in [4.78, 5) is 26.0. The number of rotatable bonds is 4. The molecule has 1 aliphatic rings. The number of cyclic esters (lactones) is 1. The monoisotopic (exact) mass is 290 g/mol.